The Morgan fingerprint density at radius 1 is 1.24 bits per heavy atom. The molecular weight excluding hydrogens is 220 g/mol. The van der Waals surface area contributed by atoms with E-state index in [0.29, 0.717) is 0 Å². The molecule has 0 unspecified atom stereocenters. The van der Waals surface area contributed by atoms with Crippen LogP contribution in [-0.4, -0.2) is 21.8 Å². The number of amides is 1. The smallest absolute Gasteiger partial charge is 0.275 e. The van der Waals surface area contributed by atoms with Crippen molar-refractivity contribution >= 4 is 11.6 Å². The average Bonchev–Trinajstić information content (AvgIpc) is 2.82. The van der Waals surface area contributed by atoms with Gasteiger partial charge in [0, 0.05) is 5.71 Å². The molecule has 5 nitrogen and oxygen atoms in total. The first-order chi connectivity index (χ1) is 8.16. The van der Waals surface area contributed by atoms with Gasteiger partial charge in [-0.15, -0.1) is 0 Å². The van der Waals surface area contributed by atoms with Crippen LogP contribution < -0.4 is 5.43 Å². The summed E-state index contributed by atoms with van der Waals surface area (Å²) in [4.78, 5) is 11.7. The van der Waals surface area contributed by atoms with E-state index < -0.39 is 5.91 Å². The van der Waals surface area contributed by atoms with Crippen LogP contribution in [0.25, 0.3) is 0 Å². The number of hydrazone groups is 1. The number of phenolic OH excluding ortho intramolecular Hbond substituents is 2. The second-order valence-corrected chi connectivity index (χ2v) is 4.03. The highest BCUT2D eigenvalue weighted by molar-refractivity contribution is 5.98. The lowest BCUT2D eigenvalue weighted by molar-refractivity contribution is 0.0951. The summed E-state index contributed by atoms with van der Waals surface area (Å²) < 4.78 is 0. The third kappa shape index (κ3) is 2.75. The van der Waals surface area contributed by atoms with Crippen molar-refractivity contribution in [3.8, 4) is 11.5 Å². The SMILES string of the molecule is O=C(NN=C1CCCC1)c1cc(O)ccc1O. The molecule has 17 heavy (non-hydrogen) atoms. The highest BCUT2D eigenvalue weighted by atomic mass is 16.3. The van der Waals surface area contributed by atoms with E-state index in [0.717, 1.165) is 31.4 Å². The number of phenols is 2. The number of carbonyl (C=O) groups excluding carboxylic acids is 1. The van der Waals surface area contributed by atoms with Crippen LogP contribution in [0.1, 0.15) is 36.0 Å². The molecule has 5 heteroatoms. The number of hydrogen-bond donors (Lipinski definition) is 3. The van der Waals surface area contributed by atoms with Gasteiger partial charge in [0.25, 0.3) is 5.91 Å². The van der Waals surface area contributed by atoms with Crippen LogP contribution in [0.5, 0.6) is 11.5 Å². The lowest BCUT2D eigenvalue weighted by Crippen LogP contribution is -2.19. The minimum absolute atomic E-state index is 0.0207. The molecule has 0 saturated heterocycles. The highest BCUT2D eigenvalue weighted by Gasteiger charge is 2.13. The molecule has 1 aliphatic carbocycles. The first-order valence-corrected chi connectivity index (χ1v) is 5.54. The van der Waals surface area contributed by atoms with Crippen LogP contribution in [0.3, 0.4) is 0 Å². The van der Waals surface area contributed by atoms with Crippen LogP contribution in [-0.2, 0) is 0 Å². The summed E-state index contributed by atoms with van der Waals surface area (Å²) >= 11 is 0. The lowest BCUT2D eigenvalue weighted by Gasteiger charge is -2.04. The summed E-state index contributed by atoms with van der Waals surface area (Å²) in [5.41, 5.74) is 3.38. The van der Waals surface area contributed by atoms with E-state index in [-0.39, 0.29) is 17.1 Å². The topological polar surface area (TPSA) is 81.9 Å². The zero-order chi connectivity index (χ0) is 12.3. The van der Waals surface area contributed by atoms with Gasteiger partial charge in [-0.05, 0) is 43.9 Å². The standard InChI is InChI=1S/C12H14N2O3/c15-9-5-6-11(16)10(7-9)12(17)14-13-8-3-1-2-4-8/h5-7,15-16H,1-4H2,(H,14,17). The van der Waals surface area contributed by atoms with Crippen molar-refractivity contribution in [2.75, 3.05) is 0 Å². The monoisotopic (exact) mass is 234 g/mol. The van der Waals surface area contributed by atoms with Crippen molar-refractivity contribution in [1.82, 2.24) is 5.43 Å². The maximum Gasteiger partial charge on any atom is 0.275 e. The van der Waals surface area contributed by atoms with Crippen LogP contribution in [0.4, 0.5) is 0 Å². The Bertz CT molecular complexity index is 461. The van der Waals surface area contributed by atoms with Gasteiger partial charge in [0.05, 0.1) is 5.56 Å². The highest BCUT2D eigenvalue weighted by Crippen LogP contribution is 2.22. The number of rotatable bonds is 2. The minimum Gasteiger partial charge on any atom is -0.508 e. The molecule has 1 amide bonds. The van der Waals surface area contributed by atoms with Crippen molar-refractivity contribution in [2.45, 2.75) is 25.7 Å². The number of carbonyl (C=O) groups is 1. The van der Waals surface area contributed by atoms with Crippen LogP contribution >= 0.6 is 0 Å². The Balaban J connectivity index is 2.09. The van der Waals surface area contributed by atoms with Crippen molar-refractivity contribution in [1.29, 1.82) is 0 Å². The Morgan fingerprint density at radius 3 is 2.65 bits per heavy atom. The van der Waals surface area contributed by atoms with Crippen LogP contribution in [0.2, 0.25) is 0 Å². The molecule has 0 aliphatic heterocycles. The van der Waals surface area contributed by atoms with Gasteiger partial charge in [-0.3, -0.25) is 4.79 Å². The molecule has 0 bridgehead atoms. The fourth-order valence-electron chi connectivity index (χ4n) is 1.79. The molecule has 0 atom stereocenters. The molecular formula is C12H14N2O3. The van der Waals surface area contributed by atoms with E-state index in [1.807, 2.05) is 0 Å². The van der Waals surface area contributed by atoms with E-state index in [4.69, 9.17) is 0 Å². The van der Waals surface area contributed by atoms with Crippen molar-refractivity contribution < 1.29 is 15.0 Å². The molecule has 1 fully saturated rings. The fourth-order valence-corrected chi connectivity index (χ4v) is 1.79. The summed E-state index contributed by atoms with van der Waals surface area (Å²) in [5, 5.41) is 22.7. The number of aromatic hydroxyl groups is 2. The molecule has 90 valence electrons. The zero-order valence-corrected chi connectivity index (χ0v) is 9.31. The van der Waals surface area contributed by atoms with E-state index in [9.17, 15) is 15.0 Å². The van der Waals surface area contributed by atoms with E-state index in [2.05, 4.69) is 10.5 Å². The summed E-state index contributed by atoms with van der Waals surface area (Å²) in [6.45, 7) is 0. The van der Waals surface area contributed by atoms with Crippen LogP contribution in [0.15, 0.2) is 23.3 Å². The second kappa shape index (κ2) is 4.86. The van der Waals surface area contributed by atoms with Gasteiger partial charge in [-0.1, -0.05) is 0 Å². The maximum atomic E-state index is 11.7. The molecule has 1 aliphatic rings. The normalized spacial score (nSPS) is 14.7. The number of benzene rings is 1. The van der Waals surface area contributed by atoms with Gasteiger partial charge >= 0.3 is 0 Å². The average molecular weight is 234 g/mol. The summed E-state index contributed by atoms with van der Waals surface area (Å²) in [7, 11) is 0. The quantitative estimate of drug-likeness (QED) is 0.538. The first kappa shape index (κ1) is 11.4. The third-order valence-electron chi connectivity index (χ3n) is 2.72. The van der Waals surface area contributed by atoms with Crippen molar-refractivity contribution in [2.24, 2.45) is 5.10 Å². The number of nitrogens with zero attached hydrogens (tertiary/aromatic N) is 1. The largest absolute Gasteiger partial charge is 0.508 e. The van der Waals surface area contributed by atoms with E-state index in [1.54, 1.807) is 0 Å². The lowest BCUT2D eigenvalue weighted by atomic mass is 10.2. The van der Waals surface area contributed by atoms with Gasteiger partial charge in [0.2, 0.25) is 0 Å². The summed E-state index contributed by atoms with van der Waals surface area (Å²) in [6.07, 6.45) is 4.02. The van der Waals surface area contributed by atoms with Gasteiger partial charge in [0.15, 0.2) is 0 Å². The van der Waals surface area contributed by atoms with Gasteiger partial charge in [-0.25, -0.2) is 5.43 Å². The van der Waals surface area contributed by atoms with Gasteiger partial charge in [0.1, 0.15) is 11.5 Å². The van der Waals surface area contributed by atoms with E-state index in [1.165, 1.54) is 18.2 Å². The predicted molar refractivity (Wildman–Crippen MR) is 63.1 cm³/mol. The Morgan fingerprint density at radius 2 is 1.94 bits per heavy atom. The first-order valence-electron chi connectivity index (χ1n) is 5.54. The Labute approximate surface area is 98.8 Å². The molecule has 1 saturated carbocycles. The second-order valence-electron chi connectivity index (χ2n) is 4.03. The van der Waals surface area contributed by atoms with Crippen LogP contribution in [0, 0.1) is 0 Å². The third-order valence-corrected chi connectivity index (χ3v) is 2.72. The number of nitrogens with one attached hydrogen (secondary N) is 1. The minimum atomic E-state index is -0.516. The van der Waals surface area contributed by atoms with Crippen molar-refractivity contribution in [3.63, 3.8) is 0 Å². The molecule has 3 N–H and O–H groups in total. The molecule has 0 aromatic heterocycles. The molecule has 2 rings (SSSR count). The van der Waals surface area contributed by atoms with E-state index >= 15 is 0 Å². The maximum absolute atomic E-state index is 11.7. The molecule has 1 aromatic rings. The summed E-state index contributed by atoms with van der Waals surface area (Å²) in [6, 6.07) is 3.79. The van der Waals surface area contributed by atoms with Gasteiger partial charge in [-0.2, -0.15) is 5.10 Å². The Kier molecular flexibility index (Phi) is 3.27. The molecule has 0 spiro atoms. The fraction of sp³-hybridized carbons (Fsp3) is 0.333. The predicted octanol–water partition coefficient (Wildman–Crippen LogP) is 1.76. The number of hydrogen-bond acceptors (Lipinski definition) is 4. The molecule has 0 radical (unpaired) electrons. The van der Waals surface area contributed by atoms with Gasteiger partial charge < -0.3 is 10.2 Å². The zero-order valence-electron chi connectivity index (χ0n) is 9.31. The summed E-state index contributed by atoms with van der Waals surface area (Å²) in [5.74, 6) is -0.758. The Hall–Kier alpha value is -2.04. The molecule has 0 heterocycles. The van der Waals surface area contributed by atoms with Crippen molar-refractivity contribution in [3.05, 3.63) is 23.8 Å². The molecule has 1 aromatic carbocycles.